The Labute approximate surface area is 118 Å². The van der Waals surface area contributed by atoms with Crippen molar-refractivity contribution in [3.8, 4) is 0 Å². The molecule has 3 heteroatoms. The highest BCUT2D eigenvalue weighted by atomic mass is 35.5. The Balaban J connectivity index is 1.99. The third-order valence-corrected chi connectivity index (χ3v) is 4.23. The predicted octanol–water partition coefficient (Wildman–Crippen LogP) is 3.50. The number of halogens is 1. The van der Waals surface area contributed by atoms with Gasteiger partial charge in [-0.2, -0.15) is 0 Å². The molecule has 1 aliphatic carbocycles. The molecule has 98 valence electrons. The van der Waals surface area contributed by atoms with Gasteiger partial charge in [-0.1, -0.05) is 35.9 Å². The second-order valence-electron chi connectivity index (χ2n) is 5.19. The van der Waals surface area contributed by atoms with Crippen LogP contribution in [0, 0.1) is 0 Å². The van der Waals surface area contributed by atoms with Crippen LogP contribution in [0.4, 0.5) is 0 Å². The molecule has 1 N–H and O–H groups in total. The summed E-state index contributed by atoms with van der Waals surface area (Å²) in [5, 5.41) is 11.6. The highest BCUT2D eigenvalue weighted by Crippen LogP contribution is 2.38. The van der Waals surface area contributed by atoms with E-state index in [1.54, 1.807) is 12.4 Å². The van der Waals surface area contributed by atoms with Gasteiger partial charge in [-0.05, 0) is 42.0 Å². The molecular formula is C16H16ClNO. The Kier molecular flexibility index (Phi) is 3.29. The number of hydrogen-bond donors (Lipinski definition) is 1. The van der Waals surface area contributed by atoms with Crippen LogP contribution >= 0.6 is 11.6 Å². The van der Waals surface area contributed by atoms with Crippen LogP contribution in [0.5, 0.6) is 0 Å². The van der Waals surface area contributed by atoms with Gasteiger partial charge >= 0.3 is 0 Å². The second-order valence-corrected chi connectivity index (χ2v) is 5.59. The van der Waals surface area contributed by atoms with Crippen molar-refractivity contribution in [2.45, 2.75) is 31.3 Å². The number of hydrogen-bond acceptors (Lipinski definition) is 2. The van der Waals surface area contributed by atoms with Crippen LogP contribution in [0.3, 0.4) is 0 Å². The molecule has 0 saturated carbocycles. The van der Waals surface area contributed by atoms with Crippen LogP contribution in [0.15, 0.2) is 42.7 Å². The Morgan fingerprint density at radius 1 is 1.26 bits per heavy atom. The summed E-state index contributed by atoms with van der Waals surface area (Å²) in [5.41, 5.74) is 2.45. The van der Waals surface area contributed by atoms with E-state index in [1.165, 1.54) is 5.56 Å². The van der Waals surface area contributed by atoms with Crippen molar-refractivity contribution >= 4 is 11.6 Å². The zero-order chi connectivity index (χ0) is 13.3. The maximum Gasteiger partial charge on any atom is 0.0940 e. The molecule has 3 rings (SSSR count). The Hall–Kier alpha value is -1.38. The third-order valence-electron chi connectivity index (χ3n) is 3.89. The molecule has 0 aliphatic heterocycles. The van der Waals surface area contributed by atoms with Gasteiger partial charge in [-0.15, -0.1) is 0 Å². The van der Waals surface area contributed by atoms with Crippen molar-refractivity contribution < 1.29 is 5.11 Å². The molecule has 0 bridgehead atoms. The minimum atomic E-state index is -0.806. The van der Waals surface area contributed by atoms with Gasteiger partial charge in [0.2, 0.25) is 0 Å². The van der Waals surface area contributed by atoms with Crippen molar-refractivity contribution in [1.29, 1.82) is 0 Å². The molecule has 0 amide bonds. The lowest BCUT2D eigenvalue weighted by Gasteiger charge is -2.35. The fourth-order valence-electron chi connectivity index (χ4n) is 2.94. The average Bonchev–Trinajstić information content (AvgIpc) is 2.42. The van der Waals surface area contributed by atoms with Gasteiger partial charge in [0.25, 0.3) is 0 Å². The van der Waals surface area contributed by atoms with Crippen molar-refractivity contribution in [1.82, 2.24) is 4.98 Å². The number of aliphatic hydroxyl groups is 1. The van der Waals surface area contributed by atoms with Gasteiger partial charge in [0.05, 0.1) is 10.6 Å². The number of rotatable bonds is 2. The maximum absolute atomic E-state index is 11.0. The summed E-state index contributed by atoms with van der Waals surface area (Å²) in [6, 6.07) is 10.0. The summed E-state index contributed by atoms with van der Waals surface area (Å²) in [6.07, 6.45) is 6.74. The van der Waals surface area contributed by atoms with E-state index < -0.39 is 5.60 Å². The van der Waals surface area contributed by atoms with Crippen LogP contribution < -0.4 is 0 Å². The number of pyridine rings is 1. The van der Waals surface area contributed by atoms with Gasteiger partial charge in [0.15, 0.2) is 0 Å². The van der Waals surface area contributed by atoms with Crippen LogP contribution in [0.25, 0.3) is 0 Å². The monoisotopic (exact) mass is 273 g/mol. The standard InChI is InChI=1S/C16H16ClNO/c17-15-11-18-9-7-13(15)10-16(19)8-3-5-12-4-1-2-6-14(12)16/h1-2,4,6-7,9,11,19H,3,5,8,10H2. The molecule has 0 saturated heterocycles. The second kappa shape index (κ2) is 4.95. The topological polar surface area (TPSA) is 33.1 Å². The Morgan fingerprint density at radius 3 is 2.95 bits per heavy atom. The first-order valence-corrected chi connectivity index (χ1v) is 6.96. The van der Waals surface area contributed by atoms with Gasteiger partial charge < -0.3 is 5.11 Å². The van der Waals surface area contributed by atoms with Gasteiger partial charge in [-0.3, -0.25) is 4.98 Å². The molecule has 1 aromatic carbocycles. The highest BCUT2D eigenvalue weighted by molar-refractivity contribution is 6.31. The molecule has 2 nitrogen and oxygen atoms in total. The lowest BCUT2D eigenvalue weighted by molar-refractivity contribution is 0.0190. The zero-order valence-electron chi connectivity index (χ0n) is 10.6. The normalized spacial score (nSPS) is 22.0. The Bertz CT molecular complexity index is 599. The van der Waals surface area contributed by atoms with Gasteiger partial charge in [0, 0.05) is 18.8 Å². The van der Waals surface area contributed by atoms with E-state index in [1.807, 2.05) is 24.3 Å². The van der Waals surface area contributed by atoms with E-state index in [-0.39, 0.29) is 0 Å². The van der Waals surface area contributed by atoms with E-state index in [0.29, 0.717) is 11.4 Å². The Morgan fingerprint density at radius 2 is 2.11 bits per heavy atom. The van der Waals surface area contributed by atoms with Crippen LogP contribution in [-0.2, 0) is 18.4 Å². The maximum atomic E-state index is 11.0. The van der Waals surface area contributed by atoms with Crippen molar-refractivity contribution in [3.63, 3.8) is 0 Å². The molecule has 19 heavy (non-hydrogen) atoms. The van der Waals surface area contributed by atoms with Gasteiger partial charge in [-0.25, -0.2) is 0 Å². The number of nitrogens with zero attached hydrogens (tertiary/aromatic N) is 1. The lowest BCUT2D eigenvalue weighted by Crippen LogP contribution is -2.33. The minimum absolute atomic E-state index is 0.547. The molecule has 1 unspecified atom stereocenters. The first kappa shape index (κ1) is 12.6. The first-order valence-electron chi connectivity index (χ1n) is 6.58. The number of aryl methyl sites for hydroxylation is 1. The smallest absolute Gasteiger partial charge is 0.0940 e. The number of fused-ring (bicyclic) bond motifs is 1. The number of aromatic nitrogens is 1. The van der Waals surface area contributed by atoms with Gasteiger partial charge in [0.1, 0.15) is 0 Å². The fourth-order valence-corrected chi connectivity index (χ4v) is 3.13. The van der Waals surface area contributed by atoms with E-state index in [9.17, 15) is 5.11 Å². The van der Waals surface area contributed by atoms with E-state index >= 15 is 0 Å². The average molecular weight is 274 g/mol. The molecule has 0 radical (unpaired) electrons. The summed E-state index contributed by atoms with van der Waals surface area (Å²) in [7, 11) is 0. The molecule has 1 atom stereocenters. The zero-order valence-corrected chi connectivity index (χ0v) is 11.4. The minimum Gasteiger partial charge on any atom is -0.385 e. The summed E-state index contributed by atoms with van der Waals surface area (Å²) >= 11 is 6.16. The summed E-state index contributed by atoms with van der Waals surface area (Å²) in [6.45, 7) is 0. The van der Waals surface area contributed by atoms with Crippen molar-refractivity contribution in [2.75, 3.05) is 0 Å². The quantitative estimate of drug-likeness (QED) is 0.908. The molecule has 1 aromatic heterocycles. The summed E-state index contributed by atoms with van der Waals surface area (Å²) in [5.74, 6) is 0. The van der Waals surface area contributed by atoms with E-state index in [2.05, 4.69) is 11.1 Å². The van der Waals surface area contributed by atoms with Crippen LogP contribution in [0.2, 0.25) is 5.02 Å². The SMILES string of the molecule is OC1(Cc2ccncc2Cl)CCCc2ccccc21. The number of benzene rings is 1. The lowest BCUT2D eigenvalue weighted by atomic mass is 9.76. The molecule has 1 heterocycles. The largest absolute Gasteiger partial charge is 0.385 e. The highest BCUT2D eigenvalue weighted by Gasteiger charge is 2.34. The predicted molar refractivity (Wildman–Crippen MR) is 76.2 cm³/mol. The van der Waals surface area contributed by atoms with E-state index in [4.69, 9.17) is 11.6 Å². The van der Waals surface area contributed by atoms with Crippen molar-refractivity contribution in [3.05, 3.63) is 64.4 Å². The third kappa shape index (κ3) is 2.38. The molecule has 2 aromatic rings. The summed E-state index contributed by atoms with van der Waals surface area (Å²) < 4.78 is 0. The molecular weight excluding hydrogens is 258 g/mol. The van der Waals surface area contributed by atoms with Crippen LogP contribution in [0.1, 0.15) is 29.5 Å². The summed E-state index contributed by atoms with van der Waals surface area (Å²) in [4.78, 5) is 3.99. The molecule has 0 spiro atoms. The molecule has 0 fully saturated rings. The van der Waals surface area contributed by atoms with Crippen molar-refractivity contribution in [2.24, 2.45) is 0 Å². The van der Waals surface area contributed by atoms with E-state index in [0.717, 1.165) is 30.4 Å². The molecule has 1 aliphatic rings. The fraction of sp³-hybridized carbons (Fsp3) is 0.312. The van der Waals surface area contributed by atoms with Crippen LogP contribution in [-0.4, -0.2) is 10.1 Å². The first-order chi connectivity index (χ1) is 9.19.